The molecule has 0 fully saturated rings. The molecule has 0 bridgehead atoms. The van der Waals surface area contributed by atoms with Crippen LogP contribution in [0.2, 0.25) is 0 Å². The molecule has 0 aliphatic rings. The quantitative estimate of drug-likeness (QED) is 0.917. The third-order valence-electron chi connectivity index (χ3n) is 3.23. The van der Waals surface area contributed by atoms with E-state index >= 15 is 0 Å². The Morgan fingerprint density at radius 3 is 2.50 bits per heavy atom. The van der Waals surface area contributed by atoms with Crippen LogP contribution in [0.5, 0.6) is 0 Å². The van der Waals surface area contributed by atoms with Crippen molar-refractivity contribution in [3.05, 3.63) is 35.2 Å². The molecule has 2 rings (SSSR count). The molecular weight excluding hydrogens is 252 g/mol. The number of likely N-dealkylation sites (N-methyl/N-ethyl adjacent to an activating group) is 1. The lowest BCUT2D eigenvalue weighted by Crippen LogP contribution is -2.31. The van der Waals surface area contributed by atoms with E-state index in [0.717, 1.165) is 23.1 Å². The zero-order chi connectivity index (χ0) is 14.7. The molecule has 0 spiro atoms. The number of hydrogen-bond donors (Lipinski definition) is 1. The van der Waals surface area contributed by atoms with Crippen LogP contribution in [0, 0.1) is 13.8 Å². The lowest BCUT2D eigenvalue weighted by atomic mass is 10.1. The second-order valence-corrected chi connectivity index (χ2v) is 5.24. The predicted octanol–water partition coefficient (Wildman–Crippen LogP) is 1.54. The van der Waals surface area contributed by atoms with Gasteiger partial charge in [0.15, 0.2) is 0 Å². The number of aromatic nitrogens is 2. The van der Waals surface area contributed by atoms with Gasteiger partial charge < -0.3 is 10.2 Å². The minimum absolute atomic E-state index is 0.181. The number of rotatable bonds is 4. The van der Waals surface area contributed by atoms with Crippen LogP contribution in [0.4, 0.5) is 0 Å². The Labute approximate surface area is 119 Å². The summed E-state index contributed by atoms with van der Waals surface area (Å²) in [6.07, 6.45) is 1.53. The van der Waals surface area contributed by atoms with Crippen LogP contribution < -0.4 is 5.32 Å². The lowest BCUT2D eigenvalue weighted by Gasteiger charge is -2.10. The Balaban J connectivity index is 2.18. The Morgan fingerprint density at radius 1 is 1.20 bits per heavy atom. The van der Waals surface area contributed by atoms with Gasteiger partial charge in [0.05, 0.1) is 17.2 Å². The molecule has 0 saturated heterocycles. The number of hydrogen-bond acceptors (Lipinski definition) is 4. The normalized spacial score (nSPS) is 11.1. The molecule has 0 aliphatic carbocycles. The molecular formula is C15H20N4O. The number of carbonyl (C=O) groups excluding carboxylic acids is 1. The first kappa shape index (κ1) is 14.4. The van der Waals surface area contributed by atoms with Gasteiger partial charge in [-0.2, -0.15) is 0 Å². The molecule has 5 heteroatoms. The SMILES string of the molecule is Cc1cc2ncc(C(=O)NCCN(C)C)nc2cc1C. The van der Waals surface area contributed by atoms with Crippen molar-refractivity contribution in [1.29, 1.82) is 0 Å². The van der Waals surface area contributed by atoms with Gasteiger partial charge >= 0.3 is 0 Å². The summed E-state index contributed by atoms with van der Waals surface area (Å²) in [6.45, 7) is 5.46. The van der Waals surface area contributed by atoms with Crippen LogP contribution in [0.1, 0.15) is 21.6 Å². The first-order chi connectivity index (χ1) is 9.47. The first-order valence-electron chi connectivity index (χ1n) is 6.64. The van der Waals surface area contributed by atoms with Gasteiger partial charge in [0.1, 0.15) is 5.69 Å². The van der Waals surface area contributed by atoms with E-state index in [2.05, 4.69) is 15.3 Å². The molecule has 1 N–H and O–H groups in total. The van der Waals surface area contributed by atoms with E-state index in [9.17, 15) is 4.79 Å². The average Bonchev–Trinajstić information content (AvgIpc) is 2.39. The van der Waals surface area contributed by atoms with Crippen molar-refractivity contribution in [2.24, 2.45) is 0 Å². The molecule has 1 aromatic carbocycles. The van der Waals surface area contributed by atoms with Gasteiger partial charge in [-0.05, 0) is 51.2 Å². The maximum atomic E-state index is 12.0. The van der Waals surface area contributed by atoms with Crippen molar-refractivity contribution in [3.63, 3.8) is 0 Å². The largest absolute Gasteiger partial charge is 0.349 e. The Hall–Kier alpha value is -2.01. The zero-order valence-corrected chi connectivity index (χ0v) is 12.4. The summed E-state index contributed by atoms with van der Waals surface area (Å²) in [4.78, 5) is 22.7. The van der Waals surface area contributed by atoms with Gasteiger partial charge in [0, 0.05) is 13.1 Å². The summed E-state index contributed by atoms with van der Waals surface area (Å²) in [7, 11) is 3.93. The van der Waals surface area contributed by atoms with Crippen LogP contribution in [-0.4, -0.2) is 48.0 Å². The van der Waals surface area contributed by atoms with Gasteiger partial charge in [-0.15, -0.1) is 0 Å². The summed E-state index contributed by atoms with van der Waals surface area (Å²) in [5.74, 6) is -0.181. The molecule has 0 atom stereocenters. The Morgan fingerprint density at radius 2 is 1.85 bits per heavy atom. The van der Waals surface area contributed by atoms with Gasteiger partial charge in [-0.1, -0.05) is 0 Å². The van der Waals surface area contributed by atoms with E-state index in [-0.39, 0.29) is 5.91 Å². The van der Waals surface area contributed by atoms with Crippen molar-refractivity contribution in [3.8, 4) is 0 Å². The average molecular weight is 272 g/mol. The molecule has 1 aromatic heterocycles. The van der Waals surface area contributed by atoms with Crippen molar-refractivity contribution in [2.75, 3.05) is 27.2 Å². The van der Waals surface area contributed by atoms with Crippen molar-refractivity contribution in [2.45, 2.75) is 13.8 Å². The van der Waals surface area contributed by atoms with E-state index in [1.165, 1.54) is 11.8 Å². The maximum Gasteiger partial charge on any atom is 0.271 e. The van der Waals surface area contributed by atoms with Crippen molar-refractivity contribution >= 4 is 16.9 Å². The van der Waals surface area contributed by atoms with Crippen LogP contribution >= 0.6 is 0 Å². The highest BCUT2D eigenvalue weighted by atomic mass is 16.1. The van der Waals surface area contributed by atoms with E-state index in [4.69, 9.17) is 0 Å². The van der Waals surface area contributed by atoms with E-state index in [0.29, 0.717) is 12.2 Å². The number of carbonyl (C=O) groups is 1. The summed E-state index contributed by atoms with van der Waals surface area (Å²) in [6, 6.07) is 3.96. The lowest BCUT2D eigenvalue weighted by molar-refractivity contribution is 0.0946. The molecule has 1 heterocycles. The highest BCUT2D eigenvalue weighted by molar-refractivity contribution is 5.93. The van der Waals surface area contributed by atoms with Crippen molar-refractivity contribution in [1.82, 2.24) is 20.2 Å². The van der Waals surface area contributed by atoms with Gasteiger partial charge in [0.25, 0.3) is 5.91 Å². The van der Waals surface area contributed by atoms with Crippen LogP contribution in [0.25, 0.3) is 11.0 Å². The van der Waals surface area contributed by atoms with Crippen LogP contribution in [0.3, 0.4) is 0 Å². The fourth-order valence-electron chi connectivity index (χ4n) is 1.86. The number of nitrogens with zero attached hydrogens (tertiary/aromatic N) is 3. The van der Waals surface area contributed by atoms with Crippen LogP contribution in [0.15, 0.2) is 18.3 Å². The molecule has 0 unspecified atom stereocenters. The smallest absolute Gasteiger partial charge is 0.271 e. The standard InChI is InChI=1S/C15H20N4O/c1-10-7-12-13(8-11(10)2)18-14(9-17-12)15(20)16-5-6-19(3)4/h7-9H,5-6H2,1-4H3,(H,16,20). The molecule has 106 valence electrons. The molecule has 0 saturated carbocycles. The number of nitrogens with one attached hydrogen (secondary N) is 1. The second kappa shape index (κ2) is 5.96. The fraction of sp³-hybridized carbons (Fsp3) is 0.400. The molecule has 20 heavy (non-hydrogen) atoms. The zero-order valence-electron chi connectivity index (χ0n) is 12.4. The third kappa shape index (κ3) is 3.30. The first-order valence-corrected chi connectivity index (χ1v) is 6.64. The maximum absolute atomic E-state index is 12.0. The minimum atomic E-state index is -0.181. The topological polar surface area (TPSA) is 58.1 Å². The van der Waals surface area contributed by atoms with Crippen molar-refractivity contribution < 1.29 is 4.79 Å². The summed E-state index contributed by atoms with van der Waals surface area (Å²) < 4.78 is 0. The number of fused-ring (bicyclic) bond motifs is 1. The predicted molar refractivity (Wildman–Crippen MR) is 79.9 cm³/mol. The highest BCUT2D eigenvalue weighted by Crippen LogP contribution is 2.15. The highest BCUT2D eigenvalue weighted by Gasteiger charge is 2.09. The number of benzene rings is 1. The Bertz CT molecular complexity index is 637. The van der Waals surface area contributed by atoms with Gasteiger partial charge in [-0.25, -0.2) is 4.98 Å². The fourth-order valence-corrected chi connectivity index (χ4v) is 1.86. The van der Waals surface area contributed by atoms with E-state index < -0.39 is 0 Å². The number of aryl methyl sites for hydroxylation is 2. The van der Waals surface area contributed by atoms with Crippen LogP contribution in [-0.2, 0) is 0 Å². The van der Waals surface area contributed by atoms with Gasteiger partial charge in [0.2, 0.25) is 0 Å². The van der Waals surface area contributed by atoms with Gasteiger partial charge in [-0.3, -0.25) is 9.78 Å². The number of amides is 1. The van der Waals surface area contributed by atoms with E-state index in [1.54, 1.807) is 0 Å². The summed E-state index contributed by atoms with van der Waals surface area (Å²) in [5, 5.41) is 2.84. The third-order valence-corrected chi connectivity index (χ3v) is 3.23. The molecule has 0 aliphatic heterocycles. The van der Waals surface area contributed by atoms with E-state index in [1.807, 2.05) is 45.0 Å². The monoisotopic (exact) mass is 272 g/mol. The molecule has 1 amide bonds. The second-order valence-electron chi connectivity index (χ2n) is 5.24. The summed E-state index contributed by atoms with van der Waals surface area (Å²) in [5.41, 5.74) is 4.26. The Kier molecular flexibility index (Phi) is 4.29. The molecule has 2 aromatic rings. The molecule has 5 nitrogen and oxygen atoms in total. The summed E-state index contributed by atoms with van der Waals surface area (Å²) >= 11 is 0. The molecule has 0 radical (unpaired) electrons. The minimum Gasteiger partial charge on any atom is -0.349 e.